The van der Waals surface area contributed by atoms with Crippen LogP contribution in [0.3, 0.4) is 0 Å². The van der Waals surface area contributed by atoms with E-state index in [1.165, 1.54) is 5.56 Å². The van der Waals surface area contributed by atoms with Gasteiger partial charge in [0.2, 0.25) is 0 Å². The number of hydrogen-bond acceptors (Lipinski definition) is 1. The maximum Gasteiger partial charge on any atom is 0.113 e. The summed E-state index contributed by atoms with van der Waals surface area (Å²) < 4.78 is 16.9. The lowest BCUT2D eigenvalue weighted by Crippen LogP contribution is -1.97. The van der Waals surface area contributed by atoms with Crippen LogP contribution in [0.4, 0.5) is 4.39 Å². The van der Waals surface area contributed by atoms with Crippen LogP contribution in [0.5, 0.6) is 0 Å². The van der Waals surface area contributed by atoms with E-state index in [0.717, 1.165) is 12.0 Å². The van der Waals surface area contributed by atoms with E-state index in [0.29, 0.717) is 12.5 Å². The van der Waals surface area contributed by atoms with Crippen molar-refractivity contribution in [2.24, 2.45) is 0 Å². The molecular weight excluding hydrogens is 191 g/mol. The van der Waals surface area contributed by atoms with E-state index in [4.69, 9.17) is 4.74 Å². The molecule has 0 amide bonds. The van der Waals surface area contributed by atoms with Gasteiger partial charge in [-0.15, -0.1) is 0 Å². The zero-order chi connectivity index (χ0) is 11.1. The van der Waals surface area contributed by atoms with Crippen molar-refractivity contribution < 1.29 is 9.13 Å². The molecule has 0 aromatic heterocycles. The van der Waals surface area contributed by atoms with Gasteiger partial charge in [0.15, 0.2) is 0 Å². The van der Waals surface area contributed by atoms with Gasteiger partial charge in [0.05, 0.1) is 13.2 Å². The fraction of sp³-hybridized carbons (Fsp3) is 0.538. The summed E-state index contributed by atoms with van der Waals surface area (Å²) in [5, 5.41) is 0. The van der Waals surface area contributed by atoms with Gasteiger partial charge in [-0.3, -0.25) is 0 Å². The van der Waals surface area contributed by atoms with Crippen LogP contribution in [0.15, 0.2) is 24.3 Å². The summed E-state index contributed by atoms with van der Waals surface area (Å²) in [6.07, 6.45) is 1.15. The number of ether oxygens (including phenoxy) is 1. The van der Waals surface area contributed by atoms with Crippen LogP contribution in [0, 0.1) is 0 Å². The van der Waals surface area contributed by atoms with Gasteiger partial charge < -0.3 is 4.74 Å². The van der Waals surface area contributed by atoms with Crippen LogP contribution in [0.2, 0.25) is 0 Å². The third-order valence-corrected chi connectivity index (χ3v) is 2.65. The molecule has 0 radical (unpaired) electrons. The lowest BCUT2D eigenvalue weighted by atomic mass is 9.98. The van der Waals surface area contributed by atoms with E-state index >= 15 is 0 Å². The number of alkyl halides is 1. The van der Waals surface area contributed by atoms with Gasteiger partial charge in [-0.1, -0.05) is 38.1 Å². The van der Waals surface area contributed by atoms with Crippen LogP contribution in [-0.2, 0) is 11.3 Å². The van der Waals surface area contributed by atoms with Crippen LogP contribution >= 0.6 is 0 Å². The maximum absolute atomic E-state index is 11.8. The van der Waals surface area contributed by atoms with E-state index in [2.05, 4.69) is 38.1 Å². The van der Waals surface area contributed by atoms with Crippen molar-refractivity contribution in [3.63, 3.8) is 0 Å². The van der Waals surface area contributed by atoms with Crippen molar-refractivity contribution in [2.75, 3.05) is 13.3 Å². The predicted octanol–water partition coefficient (Wildman–Crippen LogP) is 3.69. The molecule has 1 aromatic carbocycles. The first-order chi connectivity index (χ1) is 7.27. The zero-order valence-corrected chi connectivity index (χ0v) is 9.50. The molecule has 0 aliphatic carbocycles. The first-order valence-electron chi connectivity index (χ1n) is 5.50. The molecule has 1 rings (SSSR count). The second-order valence-electron chi connectivity index (χ2n) is 3.79. The van der Waals surface area contributed by atoms with Crippen LogP contribution in [0.1, 0.15) is 37.3 Å². The van der Waals surface area contributed by atoms with E-state index < -0.39 is 6.67 Å². The summed E-state index contributed by atoms with van der Waals surface area (Å²) in [5.41, 5.74) is 2.46. The van der Waals surface area contributed by atoms with Crippen molar-refractivity contribution in [2.45, 2.75) is 32.8 Å². The van der Waals surface area contributed by atoms with Crippen molar-refractivity contribution in [1.82, 2.24) is 0 Å². The molecule has 0 saturated carbocycles. The molecule has 0 aliphatic heterocycles. The molecule has 1 atom stereocenters. The monoisotopic (exact) mass is 210 g/mol. The Morgan fingerprint density at radius 1 is 1.27 bits per heavy atom. The molecule has 2 heteroatoms. The Morgan fingerprint density at radius 2 is 1.93 bits per heavy atom. The van der Waals surface area contributed by atoms with Gasteiger partial charge in [-0.05, 0) is 23.5 Å². The number of benzene rings is 1. The van der Waals surface area contributed by atoms with Gasteiger partial charge in [0.25, 0.3) is 0 Å². The smallest absolute Gasteiger partial charge is 0.113 e. The van der Waals surface area contributed by atoms with Crippen molar-refractivity contribution in [3.8, 4) is 0 Å². The average molecular weight is 210 g/mol. The predicted molar refractivity (Wildman–Crippen MR) is 60.8 cm³/mol. The van der Waals surface area contributed by atoms with E-state index in [9.17, 15) is 4.39 Å². The summed E-state index contributed by atoms with van der Waals surface area (Å²) in [5.74, 6) is 0.603. The fourth-order valence-electron chi connectivity index (χ4n) is 1.42. The molecular formula is C13H19FO. The van der Waals surface area contributed by atoms with Crippen LogP contribution in [-0.4, -0.2) is 13.3 Å². The first kappa shape index (κ1) is 12.2. The van der Waals surface area contributed by atoms with Gasteiger partial charge in [0.1, 0.15) is 6.67 Å². The van der Waals surface area contributed by atoms with Crippen molar-refractivity contribution in [3.05, 3.63) is 35.4 Å². The lowest BCUT2D eigenvalue weighted by molar-refractivity contribution is 0.106. The minimum Gasteiger partial charge on any atom is -0.374 e. The molecule has 0 heterocycles. The second-order valence-corrected chi connectivity index (χ2v) is 3.79. The Balaban J connectivity index is 2.49. The Kier molecular flexibility index (Phi) is 5.33. The minimum absolute atomic E-state index is 0.188. The zero-order valence-electron chi connectivity index (χ0n) is 9.50. The largest absolute Gasteiger partial charge is 0.374 e. The maximum atomic E-state index is 11.8. The third kappa shape index (κ3) is 4.00. The standard InChI is InChI=1S/C13H19FO/c1-3-11(2)13-6-4-12(5-7-13)10-15-9-8-14/h4-7,11H,3,8-10H2,1-2H3. The van der Waals surface area contributed by atoms with Gasteiger partial charge in [0, 0.05) is 0 Å². The molecule has 1 unspecified atom stereocenters. The first-order valence-corrected chi connectivity index (χ1v) is 5.50. The van der Waals surface area contributed by atoms with Gasteiger partial charge >= 0.3 is 0 Å². The van der Waals surface area contributed by atoms with Crippen molar-refractivity contribution >= 4 is 0 Å². The molecule has 15 heavy (non-hydrogen) atoms. The molecule has 0 bridgehead atoms. The number of rotatable bonds is 6. The second kappa shape index (κ2) is 6.57. The number of halogens is 1. The average Bonchev–Trinajstić information content (AvgIpc) is 2.29. The highest BCUT2D eigenvalue weighted by atomic mass is 19.1. The van der Waals surface area contributed by atoms with Gasteiger partial charge in [-0.2, -0.15) is 0 Å². The van der Waals surface area contributed by atoms with Crippen molar-refractivity contribution in [1.29, 1.82) is 0 Å². The Labute approximate surface area is 91.3 Å². The normalized spacial score (nSPS) is 12.7. The molecule has 84 valence electrons. The lowest BCUT2D eigenvalue weighted by Gasteiger charge is -2.09. The quantitative estimate of drug-likeness (QED) is 0.651. The molecule has 0 fully saturated rings. The number of hydrogen-bond donors (Lipinski definition) is 0. The fourth-order valence-corrected chi connectivity index (χ4v) is 1.42. The van der Waals surface area contributed by atoms with E-state index in [1.54, 1.807) is 0 Å². The highest BCUT2D eigenvalue weighted by Crippen LogP contribution is 2.18. The van der Waals surface area contributed by atoms with Gasteiger partial charge in [-0.25, -0.2) is 4.39 Å². The highest BCUT2D eigenvalue weighted by Gasteiger charge is 2.02. The van der Waals surface area contributed by atoms with Crippen LogP contribution in [0.25, 0.3) is 0 Å². The van der Waals surface area contributed by atoms with Crippen LogP contribution < -0.4 is 0 Å². The Bertz CT molecular complexity index is 268. The minimum atomic E-state index is -0.412. The van der Waals surface area contributed by atoms with E-state index in [1.807, 2.05) is 0 Å². The molecule has 1 nitrogen and oxygen atoms in total. The molecule has 0 spiro atoms. The summed E-state index contributed by atoms with van der Waals surface area (Å²) in [6.45, 7) is 4.68. The Hall–Kier alpha value is -0.890. The highest BCUT2D eigenvalue weighted by molar-refractivity contribution is 5.24. The summed E-state index contributed by atoms with van der Waals surface area (Å²) in [4.78, 5) is 0. The topological polar surface area (TPSA) is 9.23 Å². The molecule has 1 aromatic rings. The molecule has 0 saturated heterocycles. The summed E-state index contributed by atoms with van der Waals surface area (Å²) >= 11 is 0. The SMILES string of the molecule is CCC(C)c1ccc(COCCF)cc1. The molecule has 0 N–H and O–H groups in total. The Morgan fingerprint density at radius 3 is 2.47 bits per heavy atom. The third-order valence-electron chi connectivity index (χ3n) is 2.65. The molecule has 0 aliphatic rings. The van der Waals surface area contributed by atoms with E-state index in [-0.39, 0.29) is 6.61 Å². The summed E-state index contributed by atoms with van der Waals surface area (Å²) in [6, 6.07) is 8.37. The summed E-state index contributed by atoms with van der Waals surface area (Å²) in [7, 11) is 0.